The van der Waals surface area contributed by atoms with Crippen LogP contribution in [0.4, 0.5) is 0 Å². The van der Waals surface area contributed by atoms with E-state index < -0.39 is 0 Å². The molecule has 1 aromatic heterocycles. The van der Waals surface area contributed by atoms with Crippen LogP contribution in [0.3, 0.4) is 0 Å². The molecule has 6 heteroatoms. The monoisotopic (exact) mass is 279 g/mol. The number of nitrogens with zero attached hydrogens (tertiary/aromatic N) is 1. The Morgan fingerprint density at radius 3 is 2.70 bits per heavy atom. The molecule has 1 aromatic carbocycles. The van der Waals surface area contributed by atoms with Crippen LogP contribution in [0.1, 0.15) is 17.0 Å². The molecule has 2 aromatic rings. The van der Waals surface area contributed by atoms with Gasteiger partial charge in [-0.15, -0.1) is 0 Å². The highest BCUT2D eigenvalue weighted by atomic mass is 16.5. The Kier molecular flexibility index (Phi) is 4.97. The molecule has 0 bridgehead atoms. The molecule has 0 fully saturated rings. The number of benzene rings is 1. The van der Waals surface area contributed by atoms with Crippen LogP contribution >= 0.6 is 0 Å². The summed E-state index contributed by atoms with van der Waals surface area (Å²) in [6, 6.07) is 7.03. The molecule has 0 aliphatic rings. The summed E-state index contributed by atoms with van der Waals surface area (Å²) in [7, 11) is 3.14. The Morgan fingerprint density at radius 1 is 1.15 bits per heavy atom. The summed E-state index contributed by atoms with van der Waals surface area (Å²) in [5.41, 5.74) is 1.43. The second-order valence-electron chi connectivity index (χ2n) is 4.15. The number of aromatic nitrogens is 1. The maximum atomic E-state index is 9.08. The van der Waals surface area contributed by atoms with Gasteiger partial charge in [0.05, 0.1) is 13.7 Å². The SMILES string of the molecule is COCc1cc(COc2ccc(CO)cc2OC)no1. The van der Waals surface area contributed by atoms with Gasteiger partial charge in [0, 0.05) is 13.2 Å². The number of methoxy groups -OCH3 is 2. The fourth-order valence-electron chi connectivity index (χ4n) is 1.72. The van der Waals surface area contributed by atoms with Gasteiger partial charge in [-0.25, -0.2) is 0 Å². The van der Waals surface area contributed by atoms with Gasteiger partial charge in [0.25, 0.3) is 0 Å². The molecule has 0 radical (unpaired) electrons. The van der Waals surface area contributed by atoms with Crippen LogP contribution in [0.25, 0.3) is 0 Å². The highest BCUT2D eigenvalue weighted by Crippen LogP contribution is 2.28. The minimum atomic E-state index is -0.0414. The second kappa shape index (κ2) is 6.93. The summed E-state index contributed by atoms with van der Waals surface area (Å²) >= 11 is 0. The van der Waals surface area contributed by atoms with Gasteiger partial charge >= 0.3 is 0 Å². The molecule has 2 rings (SSSR count). The smallest absolute Gasteiger partial charge is 0.162 e. The number of ether oxygens (including phenoxy) is 3. The average molecular weight is 279 g/mol. The molecule has 1 heterocycles. The lowest BCUT2D eigenvalue weighted by atomic mass is 10.2. The highest BCUT2D eigenvalue weighted by molar-refractivity contribution is 5.42. The van der Waals surface area contributed by atoms with Crippen molar-refractivity contribution in [1.82, 2.24) is 5.16 Å². The summed E-state index contributed by atoms with van der Waals surface area (Å²) in [4.78, 5) is 0. The van der Waals surface area contributed by atoms with Crippen LogP contribution in [-0.2, 0) is 24.6 Å². The predicted molar refractivity (Wildman–Crippen MR) is 70.5 cm³/mol. The topological polar surface area (TPSA) is 74.0 Å². The first kappa shape index (κ1) is 14.4. The largest absolute Gasteiger partial charge is 0.493 e. The van der Waals surface area contributed by atoms with Gasteiger partial charge in [0.2, 0.25) is 0 Å². The van der Waals surface area contributed by atoms with Crippen molar-refractivity contribution in [1.29, 1.82) is 0 Å². The first-order chi connectivity index (χ1) is 9.76. The lowest BCUT2D eigenvalue weighted by Crippen LogP contribution is -1.98. The first-order valence-electron chi connectivity index (χ1n) is 6.10. The third kappa shape index (κ3) is 3.49. The Bertz CT molecular complexity index is 552. The summed E-state index contributed by atoms with van der Waals surface area (Å²) in [6.07, 6.45) is 0. The van der Waals surface area contributed by atoms with Crippen molar-refractivity contribution < 1.29 is 23.8 Å². The van der Waals surface area contributed by atoms with E-state index in [1.807, 2.05) is 0 Å². The zero-order chi connectivity index (χ0) is 14.4. The molecule has 0 atom stereocenters. The van der Waals surface area contributed by atoms with Crippen molar-refractivity contribution in [2.24, 2.45) is 0 Å². The quantitative estimate of drug-likeness (QED) is 0.834. The third-order valence-corrected chi connectivity index (χ3v) is 2.68. The minimum Gasteiger partial charge on any atom is -0.493 e. The lowest BCUT2D eigenvalue weighted by Gasteiger charge is -2.10. The van der Waals surface area contributed by atoms with Gasteiger partial charge in [-0.1, -0.05) is 11.2 Å². The summed E-state index contributed by atoms with van der Waals surface area (Å²) in [5.74, 6) is 1.80. The highest BCUT2D eigenvalue weighted by Gasteiger charge is 2.08. The van der Waals surface area contributed by atoms with Crippen molar-refractivity contribution in [3.63, 3.8) is 0 Å². The molecule has 0 unspecified atom stereocenters. The molecule has 0 spiro atoms. The van der Waals surface area contributed by atoms with Crippen LogP contribution in [0.15, 0.2) is 28.8 Å². The van der Waals surface area contributed by atoms with E-state index in [1.165, 1.54) is 0 Å². The van der Waals surface area contributed by atoms with Crippen molar-refractivity contribution in [3.05, 3.63) is 41.3 Å². The molecular weight excluding hydrogens is 262 g/mol. The van der Waals surface area contributed by atoms with Crippen molar-refractivity contribution in [3.8, 4) is 11.5 Å². The minimum absolute atomic E-state index is 0.0414. The molecule has 0 aliphatic carbocycles. The summed E-state index contributed by atoms with van der Waals surface area (Å²) < 4.78 is 20.9. The molecule has 6 nitrogen and oxygen atoms in total. The molecule has 0 amide bonds. The maximum absolute atomic E-state index is 9.08. The number of rotatable bonds is 7. The van der Waals surface area contributed by atoms with Crippen LogP contribution in [-0.4, -0.2) is 24.5 Å². The van der Waals surface area contributed by atoms with E-state index in [4.69, 9.17) is 23.8 Å². The van der Waals surface area contributed by atoms with E-state index in [-0.39, 0.29) is 13.2 Å². The molecule has 20 heavy (non-hydrogen) atoms. The van der Waals surface area contributed by atoms with Gasteiger partial charge in [-0.05, 0) is 17.7 Å². The fourth-order valence-corrected chi connectivity index (χ4v) is 1.72. The molecule has 0 aliphatic heterocycles. The number of hydrogen-bond acceptors (Lipinski definition) is 6. The number of aliphatic hydroxyl groups is 1. The van der Waals surface area contributed by atoms with E-state index in [0.717, 1.165) is 5.56 Å². The van der Waals surface area contributed by atoms with Gasteiger partial charge in [0.1, 0.15) is 18.9 Å². The average Bonchev–Trinajstić information content (AvgIpc) is 2.93. The fraction of sp³-hybridized carbons (Fsp3) is 0.357. The molecular formula is C14H17NO5. The van der Waals surface area contributed by atoms with E-state index in [9.17, 15) is 0 Å². The zero-order valence-electron chi connectivity index (χ0n) is 11.5. The lowest BCUT2D eigenvalue weighted by molar-refractivity contribution is 0.155. The van der Waals surface area contributed by atoms with Gasteiger partial charge in [0.15, 0.2) is 17.3 Å². The third-order valence-electron chi connectivity index (χ3n) is 2.68. The maximum Gasteiger partial charge on any atom is 0.162 e. The summed E-state index contributed by atoms with van der Waals surface area (Å²) in [6.45, 7) is 0.601. The van der Waals surface area contributed by atoms with E-state index in [1.54, 1.807) is 38.5 Å². The Balaban J connectivity index is 2.02. The van der Waals surface area contributed by atoms with Crippen LogP contribution in [0.2, 0.25) is 0 Å². The second-order valence-corrected chi connectivity index (χ2v) is 4.15. The van der Waals surface area contributed by atoms with Crippen molar-refractivity contribution in [2.75, 3.05) is 14.2 Å². The van der Waals surface area contributed by atoms with E-state index >= 15 is 0 Å². The first-order valence-corrected chi connectivity index (χ1v) is 6.10. The van der Waals surface area contributed by atoms with Gasteiger partial charge < -0.3 is 23.8 Å². The normalized spacial score (nSPS) is 10.6. The van der Waals surface area contributed by atoms with Gasteiger partial charge in [-0.3, -0.25) is 0 Å². The van der Waals surface area contributed by atoms with E-state index in [2.05, 4.69) is 5.16 Å². The molecule has 108 valence electrons. The molecule has 0 saturated carbocycles. The number of aliphatic hydroxyl groups excluding tert-OH is 1. The van der Waals surface area contributed by atoms with Gasteiger partial charge in [-0.2, -0.15) is 0 Å². The standard InChI is InChI=1S/C14H17NO5/c1-17-9-12-6-11(15-20-12)8-19-13-4-3-10(7-16)5-14(13)18-2/h3-6,16H,7-9H2,1-2H3. The predicted octanol–water partition coefficient (Wildman–Crippen LogP) is 1.90. The Hall–Kier alpha value is -2.05. The zero-order valence-corrected chi connectivity index (χ0v) is 11.5. The van der Waals surface area contributed by atoms with Crippen molar-refractivity contribution in [2.45, 2.75) is 19.8 Å². The van der Waals surface area contributed by atoms with Crippen LogP contribution < -0.4 is 9.47 Å². The Morgan fingerprint density at radius 2 is 2.00 bits per heavy atom. The van der Waals surface area contributed by atoms with Crippen molar-refractivity contribution >= 4 is 0 Å². The van der Waals surface area contributed by atoms with Crippen LogP contribution in [0.5, 0.6) is 11.5 Å². The molecule has 0 saturated heterocycles. The number of hydrogen-bond donors (Lipinski definition) is 1. The molecule has 1 N–H and O–H groups in total. The Labute approximate surface area is 116 Å². The van der Waals surface area contributed by atoms with Crippen LogP contribution in [0, 0.1) is 0 Å². The summed E-state index contributed by atoms with van der Waals surface area (Å²) in [5, 5.41) is 13.0. The van der Waals surface area contributed by atoms with E-state index in [0.29, 0.717) is 29.6 Å².